The monoisotopic (exact) mass is 128 g/mol. The maximum Gasteiger partial charge on any atom is 0.0461 e. The lowest BCUT2D eigenvalue weighted by molar-refractivity contribution is 0.144. The van der Waals surface area contributed by atoms with Crippen LogP contribution in [0.1, 0.15) is 32.6 Å². The molecule has 1 fully saturated rings. The summed E-state index contributed by atoms with van der Waals surface area (Å²) >= 11 is 0. The summed E-state index contributed by atoms with van der Waals surface area (Å²) in [6.07, 6.45) is 5.27. The van der Waals surface area contributed by atoms with Crippen LogP contribution < -0.4 is 0 Å². The molecule has 0 aromatic carbocycles. The first-order valence-corrected chi connectivity index (χ1v) is 3.95. The average molecular weight is 128 g/mol. The van der Waals surface area contributed by atoms with Crippen molar-refractivity contribution >= 4 is 0 Å². The van der Waals surface area contributed by atoms with Gasteiger partial charge in [-0.15, -0.1) is 0 Å². The van der Waals surface area contributed by atoms with Gasteiger partial charge in [0, 0.05) is 6.61 Å². The summed E-state index contributed by atoms with van der Waals surface area (Å²) in [5, 5.41) is 8.86. The van der Waals surface area contributed by atoms with Crippen molar-refractivity contribution in [2.24, 2.45) is 11.8 Å². The Bertz CT molecular complexity index is 80.6. The molecule has 2 atom stereocenters. The van der Waals surface area contributed by atoms with E-state index in [0.717, 1.165) is 5.92 Å². The third-order valence-corrected chi connectivity index (χ3v) is 2.52. The minimum Gasteiger partial charge on any atom is -0.396 e. The largest absolute Gasteiger partial charge is 0.396 e. The second kappa shape index (κ2) is 3.21. The molecule has 0 radical (unpaired) electrons. The molecule has 0 aromatic rings. The Kier molecular flexibility index (Phi) is 2.52. The predicted octanol–water partition coefficient (Wildman–Crippen LogP) is 1.81. The molecule has 0 spiro atoms. The Morgan fingerprint density at radius 3 is 2.44 bits per heavy atom. The lowest BCUT2D eigenvalue weighted by Gasteiger charge is -2.26. The van der Waals surface area contributed by atoms with Crippen molar-refractivity contribution < 1.29 is 5.11 Å². The van der Waals surface area contributed by atoms with Gasteiger partial charge in [-0.2, -0.15) is 0 Å². The van der Waals surface area contributed by atoms with Crippen LogP contribution in [-0.4, -0.2) is 11.7 Å². The highest BCUT2D eigenvalue weighted by Gasteiger charge is 2.19. The molecule has 0 unspecified atom stereocenters. The van der Waals surface area contributed by atoms with Crippen molar-refractivity contribution in [3.05, 3.63) is 0 Å². The van der Waals surface area contributed by atoms with Crippen molar-refractivity contribution in [1.82, 2.24) is 0 Å². The van der Waals surface area contributed by atoms with Gasteiger partial charge in [0.25, 0.3) is 0 Å². The molecule has 0 heterocycles. The quantitative estimate of drug-likeness (QED) is 0.571. The van der Waals surface area contributed by atoms with Gasteiger partial charge in [0.05, 0.1) is 0 Å². The van der Waals surface area contributed by atoms with E-state index in [1.807, 2.05) is 0 Å². The molecule has 1 aliphatic carbocycles. The number of aliphatic hydroxyl groups is 1. The minimum atomic E-state index is 0.404. The summed E-state index contributed by atoms with van der Waals surface area (Å²) in [6, 6.07) is 0. The van der Waals surface area contributed by atoms with Crippen molar-refractivity contribution in [3.63, 3.8) is 0 Å². The van der Waals surface area contributed by atoms with Crippen LogP contribution in [0.4, 0.5) is 0 Å². The molecule has 1 N–H and O–H groups in total. The van der Waals surface area contributed by atoms with Crippen LogP contribution in [0, 0.1) is 11.8 Å². The molecule has 1 saturated carbocycles. The van der Waals surface area contributed by atoms with E-state index in [0.29, 0.717) is 12.5 Å². The summed E-state index contributed by atoms with van der Waals surface area (Å²) in [7, 11) is 0. The number of rotatable bonds is 1. The summed E-state index contributed by atoms with van der Waals surface area (Å²) < 4.78 is 0. The zero-order chi connectivity index (χ0) is 6.69. The molecule has 0 aromatic heterocycles. The highest BCUT2D eigenvalue weighted by atomic mass is 16.3. The van der Waals surface area contributed by atoms with Crippen molar-refractivity contribution in [2.75, 3.05) is 6.61 Å². The second-order valence-corrected chi connectivity index (χ2v) is 3.20. The van der Waals surface area contributed by atoms with Gasteiger partial charge >= 0.3 is 0 Å². The standard InChI is InChI=1S/C8H16O/c1-7-4-2-3-5-8(7)6-9/h7-9H,2-6H2,1H3/t7-,8-/m1/s1. The fraction of sp³-hybridized carbons (Fsp3) is 1.00. The van der Waals surface area contributed by atoms with Crippen molar-refractivity contribution in [3.8, 4) is 0 Å². The summed E-state index contributed by atoms with van der Waals surface area (Å²) in [5.41, 5.74) is 0. The first kappa shape index (κ1) is 7.07. The number of hydrogen-bond acceptors (Lipinski definition) is 1. The van der Waals surface area contributed by atoms with Gasteiger partial charge < -0.3 is 5.11 Å². The van der Waals surface area contributed by atoms with Gasteiger partial charge in [-0.25, -0.2) is 0 Å². The maximum atomic E-state index is 8.86. The zero-order valence-electron chi connectivity index (χ0n) is 6.14. The SMILES string of the molecule is C[C@@H]1CCCC[C@@H]1CO. The van der Waals surface area contributed by atoms with Crippen LogP contribution in [-0.2, 0) is 0 Å². The molecule has 1 rings (SSSR count). The smallest absolute Gasteiger partial charge is 0.0461 e. The summed E-state index contributed by atoms with van der Waals surface area (Å²) in [4.78, 5) is 0. The van der Waals surface area contributed by atoms with Gasteiger partial charge in [0.15, 0.2) is 0 Å². The Morgan fingerprint density at radius 2 is 2.00 bits per heavy atom. The molecule has 54 valence electrons. The normalized spacial score (nSPS) is 36.7. The number of aliphatic hydroxyl groups excluding tert-OH is 1. The van der Waals surface area contributed by atoms with Crippen molar-refractivity contribution in [2.45, 2.75) is 32.6 Å². The Morgan fingerprint density at radius 1 is 1.33 bits per heavy atom. The van der Waals surface area contributed by atoms with E-state index < -0.39 is 0 Å². The van der Waals surface area contributed by atoms with E-state index in [2.05, 4.69) is 6.92 Å². The highest BCUT2D eigenvalue weighted by molar-refractivity contribution is 4.70. The predicted molar refractivity (Wildman–Crippen MR) is 38.2 cm³/mol. The average Bonchev–Trinajstić information content (AvgIpc) is 1.89. The Labute approximate surface area is 57.1 Å². The fourth-order valence-corrected chi connectivity index (χ4v) is 1.66. The van der Waals surface area contributed by atoms with E-state index in [1.165, 1.54) is 25.7 Å². The summed E-state index contributed by atoms with van der Waals surface area (Å²) in [5.74, 6) is 1.38. The lowest BCUT2D eigenvalue weighted by atomic mass is 9.81. The Hall–Kier alpha value is -0.0400. The van der Waals surface area contributed by atoms with Crippen LogP contribution in [0.2, 0.25) is 0 Å². The number of hydrogen-bond donors (Lipinski definition) is 1. The zero-order valence-corrected chi connectivity index (χ0v) is 6.14. The fourth-order valence-electron chi connectivity index (χ4n) is 1.66. The van der Waals surface area contributed by atoms with Gasteiger partial charge in [-0.1, -0.05) is 26.2 Å². The van der Waals surface area contributed by atoms with Crippen LogP contribution in [0.25, 0.3) is 0 Å². The second-order valence-electron chi connectivity index (χ2n) is 3.20. The van der Waals surface area contributed by atoms with Crippen LogP contribution in [0.15, 0.2) is 0 Å². The molecule has 1 heteroatoms. The topological polar surface area (TPSA) is 20.2 Å². The third kappa shape index (κ3) is 1.68. The Balaban J connectivity index is 2.30. The van der Waals surface area contributed by atoms with E-state index in [4.69, 9.17) is 5.11 Å². The van der Waals surface area contributed by atoms with Gasteiger partial charge in [-0.3, -0.25) is 0 Å². The molecule has 1 nitrogen and oxygen atoms in total. The first-order valence-electron chi connectivity index (χ1n) is 3.95. The van der Waals surface area contributed by atoms with E-state index in [9.17, 15) is 0 Å². The first-order chi connectivity index (χ1) is 4.34. The molecule has 0 amide bonds. The molecule has 1 aliphatic rings. The minimum absolute atomic E-state index is 0.404. The van der Waals surface area contributed by atoms with Crippen LogP contribution >= 0.6 is 0 Å². The highest BCUT2D eigenvalue weighted by Crippen LogP contribution is 2.28. The van der Waals surface area contributed by atoms with E-state index in [-0.39, 0.29) is 0 Å². The van der Waals surface area contributed by atoms with Gasteiger partial charge in [0.2, 0.25) is 0 Å². The third-order valence-electron chi connectivity index (χ3n) is 2.52. The molecule has 0 saturated heterocycles. The molecule has 0 aliphatic heterocycles. The van der Waals surface area contributed by atoms with Crippen LogP contribution in [0.3, 0.4) is 0 Å². The van der Waals surface area contributed by atoms with E-state index in [1.54, 1.807) is 0 Å². The molecular formula is C8H16O. The van der Waals surface area contributed by atoms with Crippen molar-refractivity contribution in [1.29, 1.82) is 0 Å². The maximum absolute atomic E-state index is 8.86. The van der Waals surface area contributed by atoms with E-state index >= 15 is 0 Å². The molecule has 9 heavy (non-hydrogen) atoms. The lowest BCUT2D eigenvalue weighted by Crippen LogP contribution is -2.19. The van der Waals surface area contributed by atoms with Gasteiger partial charge in [-0.05, 0) is 18.3 Å². The molecular weight excluding hydrogens is 112 g/mol. The van der Waals surface area contributed by atoms with Crippen LogP contribution in [0.5, 0.6) is 0 Å². The van der Waals surface area contributed by atoms with Gasteiger partial charge in [0.1, 0.15) is 0 Å². The summed E-state index contributed by atoms with van der Waals surface area (Å²) in [6.45, 7) is 2.65. The molecule has 0 bridgehead atoms.